The van der Waals surface area contributed by atoms with Crippen LogP contribution in [0.4, 0.5) is 0 Å². The van der Waals surface area contributed by atoms with Crippen LogP contribution in [0.25, 0.3) is 93.6 Å². The largest absolute Gasteiger partial charge is 0.456 e. The number of amidine groups is 2. The third-order valence-electron chi connectivity index (χ3n) is 12.5. The van der Waals surface area contributed by atoms with E-state index in [1.165, 1.54) is 21.8 Å². The highest BCUT2D eigenvalue weighted by atomic mass is 16.3. The van der Waals surface area contributed by atoms with E-state index in [0.717, 1.165) is 88.5 Å². The van der Waals surface area contributed by atoms with Crippen LogP contribution < -0.4 is 5.32 Å². The Balaban J connectivity index is 0.893. The number of hydrogen-bond donors (Lipinski definition) is 1. The lowest BCUT2D eigenvalue weighted by atomic mass is 10.00. The number of benzene rings is 9. The molecule has 12 aromatic rings. The van der Waals surface area contributed by atoms with Gasteiger partial charge in [-0.3, -0.25) is 0 Å². The maximum Gasteiger partial charge on any atom is 0.159 e. The third-order valence-corrected chi connectivity index (χ3v) is 12.5. The summed E-state index contributed by atoms with van der Waals surface area (Å²) in [5, 5.41) is 10.4. The minimum absolute atomic E-state index is 0.418. The number of furan rings is 2. The molecule has 6 heteroatoms. The van der Waals surface area contributed by atoms with Gasteiger partial charge in [-0.1, -0.05) is 133 Å². The van der Waals surface area contributed by atoms with E-state index in [1.807, 2.05) is 24.3 Å². The zero-order valence-corrected chi connectivity index (χ0v) is 33.9. The number of aliphatic imine (C=N–C) groups is 2. The van der Waals surface area contributed by atoms with Crippen molar-refractivity contribution in [3.8, 4) is 27.9 Å². The van der Waals surface area contributed by atoms with Gasteiger partial charge in [-0.2, -0.15) is 0 Å². The minimum atomic E-state index is -0.418. The van der Waals surface area contributed by atoms with Crippen molar-refractivity contribution in [2.45, 2.75) is 6.17 Å². The molecule has 0 amide bonds. The van der Waals surface area contributed by atoms with Gasteiger partial charge in [0.15, 0.2) is 5.84 Å². The Morgan fingerprint density at radius 1 is 0.381 bits per heavy atom. The highest BCUT2D eigenvalue weighted by molar-refractivity contribution is 6.16. The Bertz CT molecular complexity index is 3840. The highest BCUT2D eigenvalue weighted by Gasteiger charge is 2.24. The summed E-state index contributed by atoms with van der Waals surface area (Å²) in [6.45, 7) is 0. The molecule has 0 radical (unpaired) electrons. The zero-order valence-electron chi connectivity index (χ0n) is 33.9. The fourth-order valence-corrected chi connectivity index (χ4v) is 9.39. The van der Waals surface area contributed by atoms with E-state index in [1.54, 1.807) is 0 Å². The van der Waals surface area contributed by atoms with Crippen LogP contribution in [0, 0.1) is 0 Å². The number of rotatable bonds is 6. The molecule has 6 nitrogen and oxygen atoms in total. The molecule has 1 atom stereocenters. The summed E-state index contributed by atoms with van der Waals surface area (Å²) < 4.78 is 15.3. The SMILES string of the molecule is c1ccc(-c2cccc(C3=NC(c4ccc5c(c4)oc4ccccc45)NC(c4ccc5c(c4)oc4ccc(-c6ccc7c(c6)c6ccccc6n7-c6ccccc6)cc45)=N3)c2)cc1. The van der Waals surface area contributed by atoms with E-state index in [2.05, 4.69) is 192 Å². The van der Waals surface area contributed by atoms with Crippen LogP contribution >= 0.6 is 0 Å². The van der Waals surface area contributed by atoms with Gasteiger partial charge >= 0.3 is 0 Å². The second-order valence-electron chi connectivity index (χ2n) is 16.2. The molecule has 63 heavy (non-hydrogen) atoms. The lowest BCUT2D eigenvalue weighted by Crippen LogP contribution is -2.33. The zero-order chi connectivity index (χ0) is 41.4. The number of hydrogen-bond acceptors (Lipinski definition) is 5. The van der Waals surface area contributed by atoms with Gasteiger partial charge in [0.05, 0.1) is 11.0 Å². The van der Waals surface area contributed by atoms with E-state index in [4.69, 9.17) is 18.8 Å². The van der Waals surface area contributed by atoms with Crippen LogP contribution in [-0.2, 0) is 0 Å². The first-order chi connectivity index (χ1) is 31.2. The maximum atomic E-state index is 6.59. The van der Waals surface area contributed by atoms with Crippen LogP contribution in [0.15, 0.2) is 225 Å². The van der Waals surface area contributed by atoms with E-state index in [0.29, 0.717) is 11.7 Å². The molecule has 0 spiro atoms. The lowest BCUT2D eigenvalue weighted by molar-refractivity contribution is 0.654. The summed E-state index contributed by atoms with van der Waals surface area (Å²) in [6.07, 6.45) is -0.418. The van der Waals surface area contributed by atoms with Crippen LogP contribution in [-0.4, -0.2) is 16.2 Å². The topological polar surface area (TPSA) is 68.0 Å². The van der Waals surface area contributed by atoms with E-state index in [9.17, 15) is 0 Å². The standard InChI is InChI=1S/C57H36N4O2/c1-3-12-35(13-4-1)36-14-11-15-39(30-36)55-58-56(40-22-26-45-44-19-8-10-21-51(44)62-53(45)33-40)60-57(59-55)41-23-27-46-48-32-38(25-29-52(48)63-54(46)34-41)37-24-28-50-47(31-37)43-18-7-9-20-49(43)61(50)42-16-5-2-6-17-42/h1-34,56H,(H,58,59,60). The Morgan fingerprint density at radius 3 is 1.86 bits per heavy atom. The molecule has 0 saturated heterocycles. The van der Waals surface area contributed by atoms with Crippen molar-refractivity contribution in [2.24, 2.45) is 9.98 Å². The average Bonchev–Trinajstić information content (AvgIpc) is 4.03. The predicted molar refractivity (Wildman–Crippen MR) is 258 cm³/mol. The van der Waals surface area contributed by atoms with Gasteiger partial charge in [-0.15, -0.1) is 0 Å². The van der Waals surface area contributed by atoms with Crippen molar-refractivity contribution in [2.75, 3.05) is 0 Å². The Labute approximate surface area is 361 Å². The normalized spacial score (nSPS) is 14.2. The molecule has 13 rings (SSSR count). The third kappa shape index (κ3) is 5.87. The molecule has 0 aliphatic carbocycles. The molecule has 4 heterocycles. The molecule has 1 aliphatic heterocycles. The van der Waals surface area contributed by atoms with E-state index >= 15 is 0 Å². The van der Waals surface area contributed by atoms with Crippen LogP contribution in [0.3, 0.4) is 0 Å². The predicted octanol–water partition coefficient (Wildman–Crippen LogP) is 14.4. The summed E-state index contributed by atoms with van der Waals surface area (Å²) in [7, 11) is 0. The Hall–Kier alpha value is -8.48. The molecule has 1 aliphatic rings. The number of nitrogens with one attached hydrogen (secondary N) is 1. The van der Waals surface area contributed by atoms with Crippen molar-refractivity contribution in [3.63, 3.8) is 0 Å². The maximum absolute atomic E-state index is 6.59. The summed E-state index contributed by atoms with van der Waals surface area (Å²) in [4.78, 5) is 10.4. The van der Waals surface area contributed by atoms with Gasteiger partial charge in [-0.25, -0.2) is 9.98 Å². The number of aromatic nitrogens is 1. The summed E-state index contributed by atoms with van der Waals surface area (Å²) in [5.74, 6) is 1.36. The number of fused-ring (bicyclic) bond motifs is 9. The van der Waals surface area contributed by atoms with Gasteiger partial charge in [0.1, 0.15) is 34.3 Å². The van der Waals surface area contributed by atoms with Crippen LogP contribution in [0.1, 0.15) is 22.9 Å². The molecule has 9 aromatic carbocycles. The highest BCUT2D eigenvalue weighted by Crippen LogP contribution is 2.38. The number of nitrogens with zero attached hydrogens (tertiary/aromatic N) is 3. The number of para-hydroxylation sites is 3. The Kier molecular flexibility index (Phi) is 7.87. The summed E-state index contributed by atoms with van der Waals surface area (Å²) >= 11 is 0. The summed E-state index contributed by atoms with van der Waals surface area (Å²) in [6, 6.07) is 72.3. The average molecular weight is 809 g/mol. The van der Waals surface area contributed by atoms with Gasteiger partial charge in [0.2, 0.25) is 0 Å². The van der Waals surface area contributed by atoms with Gasteiger partial charge < -0.3 is 18.7 Å². The first-order valence-electron chi connectivity index (χ1n) is 21.2. The first kappa shape index (κ1) is 35.3. The second kappa shape index (κ2) is 14.0. The second-order valence-corrected chi connectivity index (χ2v) is 16.2. The van der Waals surface area contributed by atoms with Crippen LogP contribution in [0.5, 0.6) is 0 Å². The van der Waals surface area contributed by atoms with Crippen LogP contribution in [0.2, 0.25) is 0 Å². The van der Waals surface area contributed by atoms with Gasteiger partial charge in [0, 0.05) is 54.7 Å². The lowest BCUT2D eigenvalue weighted by Gasteiger charge is -2.24. The molecular formula is C57H36N4O2. The molecule has 0 bridgehead atoms. The van der Waals surface area contributed by atoms with Crippen molar-refractivity contribution in [1.82, 2.24) is 9.88 Å². The quantitative estimate of drug-likeness (QED) is 0.182. The molecule has 1 unspecified atom stereocenters. The molecule has 296 valence electrons. The molecule has 0 saturated carbocycles. The van der Waals surface area contributed by atoms with Crippen molar-refractivity contribution >= 4 is 77.4 Å². The molecular weight excluding hydrogens is 773 g/mol. The Morgan fingerprint density at radius 2 is 0.984 bits per heavy atom. The van der Waals surface area contributed by atoms with E-state index in [-0.39, 0.29) is 0 Å². The van der Waals surface area contributed by atoms with E-state index < -0.39 is 6.17 Å². The molecule has 3 aromatic heterocycles. The minimum Gasteiger partial charge on any atom is -0.456 e. The fourth-order valence-electron chi connectivity index (χ4n) is 9.39. The van der Waals surface area contributed by atoms with Crippen molar-refractivity contribution in [3.05, 3.63) is 223 Å². The van der Waals surface area contributed by atoms with Crippen molar-refractivity contribution < 1.29 is 8.83 Å². The van der Waals surface area contributed by atoms with Gasteiger partial charge in [0.25, 0.3) is 0 Å². The molecule has 1 N–H and O–H groups in total. The smallest absolute Gasteiger partial charge is 0.159 e. The first-order valence-corrected chi connectivity index (χ1v) is 21.2. The summed E-state index contributed by atoms with van der Waals surface area (Å²) in [5.41, 5.74) is 14.2. The monoisotopic (exact) mass is 808 g/mol. The van der Waals surface area contributed by atoms with Crippen molar-refractivity contribution in [1.29, 1.82) is 0 Å². The molecule has 0 fully saturated rings. The van der Waals surface area contributed by atoms with Gasteiger partial charge in [-0.05, 0) is 95.1 Å². The fraction of sp³-hybridized carbons (Fsp3) is 0.0175.